The maximum atomic E-state index is 11.9. The molecule has 1 aromatic rings. The fraction of sp³-hybridized carbons (Fsp3) is 0.462. The molecule has 0 aliphatic heterocycles. The number of carbonyl (C=O) groups is 1. The summed E-state index contributed by atoms with van der Waals surface area (Å²) in [6.45, 7) is 3.79. The van der Waals surface area contributed by atoms with E-state index in [1.54, 1.807) is 31.2 Å². The summed E-state index contributed by atoms with van der Waals surface area (Å²) in [5.74, 6) is 0.250. The molecular weight excluding hydrogens is 202 g/mol. The van der Waals surface area contributed by atoms with Gasteiger partial charge in [-0.3, -0.25) is 4.79 Å². The molecule has 0 saturated heterocycles. The Hall–Kier alpha value is -1.35. The van der Waals surface area contributed by atoms with E-state index in [-0.39, 0.29) is 11.5 Å². The number of Topliss-reactive ketones (excluding diaryl/α,β-unsaturated/α-hetero) is 1. The Labute approximate surface area is 96.3 Å². The monoisotopic (exact) mass is 221 g/mol. The molecule has 3 nitrogen and oxygen atoms in total. The van der Waals surface area contributed by atoms with Crippen LogP contribution in [0.1, 0.15) is 32.3 Å². The van der Waals surface area contributed by atoms with Crippen LogP contribution in [0, 0.1) is 0 Å². The number of benzene rings is 1. The van der Waals surface area contributed by atoms with Crippen LogP contribution < -0.4 is 5.73 Å². The Balaban J connectivity index is 2.67. The van der Waals surface area contributed by atoms with Crippen molar-refractivity contribution in [2.75, 3.05) is 0 Å². The minimum absolute atomic E-state index is 0.0417. The summed E-state index contributed by atoms with van der Waals surface area (Å²) in [6, 6.07) is 6.65. The molecule has 88 valence electrons. The molecule has 0 radical (unpaired) electrons. The quantitative estimate of drug-likeness (QED) is 0.799. The zero-order chi connectivity index (χ0) is 12.2. The normalized spacial score (nSPS) is 14.4. The Bertz CT molecular complexity index is 355. The molecular formula is C13H19NO2. The minimum atomic E-state index is -0.743. The maximum Gasteiger partial charge on any atom is 0.156 e. The number of phenolic OH excluding ortho intramolecular Hbond substituents is 1. The van der Waals surface area contributed by atoms with Gasteiger partial charge in [0, 0.05) is 6.42 Å². The van der Waals surface area contributed by atoms with Crippen molar-refractivity contribution in [1.82, 2.24) is 0 Å². The van der Waals surface area contributed by atoms with Crippen molar-refractivity contribution in [2.24, 2.45) is 5.73 Å². The molecule has 0 bridgehead atoms. The molecule has 1 rings (SSSR count). The van der Waals surface area contributed by atoms with Crippen LogP contribution in [0.4, 0.5) is 0 Å². The summed E-state index contributed by atoms with van der Waals surface area (Å²) in [5, 5.41) is 9.13. The largest absolute Gasteiger partial charge is 0.508 e. The first-order chi connectivity index (χ1) is 7.45. The molecule has 1 aromatic carbocycles. The van der Waals surface area contributed by atoms with Gasteiger partial charge >= 0.3 is 0 Å². The van der Waals surface area contributed by atoms with Gasteiger partial charge < -0.3 is 10.8 Å². The zero-order valence-electron chi connectivity index (χ0n) is 9.86. The summed E-state index contributed by atoms with van der Waals surface area (Å²) in [5.41, 5.74) is 6.09. The lowest BCUT2D eigenvalue weighted by molar-refractivity contribution is -0.123. The number of phenols is 1. The summed E-state index contributed by atoms with van der Waals surface area (Å²) in [7, 11) is 0. The highest BCUT2D eigenvalue weighted by Gasteiger charge is 2.26. The lowest BCUT2D eigenvalue weighted by atomic mass is 9.88. The first-order valence-electron chi connectivity index (χ1n) is 5.56. The van der Waals surface area contributed by atoms with Gasteiger partial charge in [-0.15, -0.1) is 0 Å². The molecule has 16 heavy (non-hydrogen) atoms. The molecule has 0 saturated carbocycles. The molecule has 0 aliphatic rings. The molecule has 0 heterocycles. The van der Waals surface area contributed by atoms with E-state index in [0.29, 0.717) is 12.8 Å². The highest BCUT2D eigenvalue weighted by atomic mass is 16.3. The lowest BCUT2D eigenvalue weighted by Gasteiger charge is -2.22. The van der Waals surface area contributed by atoms with Crippen LogP contribution in [-0.2, 0) is 11.2 Å². The first kappa shape index (κ1) is 12.7. The highest BCUT2D eigenvalue weighted by molar-refractivity contribution is 5.89. The Morgan fingerprint density at radius 3 is 2.44 bits per heavy atom. The predicted molar refractivity (Wildman–Crippen MR) is 64.3 cm³/mol. The van der Waals surface area contributed by atoms with Gasteiger partial charge in [0.15, 0.2) is 5.78 Å². The van der Waals surface area contributed by atoms with Crippen LogP contribution >= 0.6 is 0 Å². The third-order valence-electron chi connectivity index (χ3n) is 2.71. The fourth-order valence-electron chi connectivity index (χ4n) is 1.66. The molecule has 0 spiro atoms. The summed E-state index contributed by atoms with van der Waals surface area (Å²) in [4.78, 5) is 11.9. The maximum absolute atomic E-state index is 11.9. The summed E-state index contributed by atoms with van der Waals surface area (Å²) < 4.78 is 0. The van der Waals surface area contributed by atoms with Crippen molar-refractivity contribution in [3.05, 3.63) is 29.8 Å². The van der Waals surface area contributed by atoms with Crippen LogP contribution in [0.15, 0.2) is 24.3 Å². The molecule has 0 aromatic heterocycles. The molecule has 0 aliphatic carbocycles. The van der Waals surface area contributed by atoms with E-state index in [0.717, 1.165) is 12.0 Å². The lowest BCUT2D eigenvalue weighted by Crippen LogP contribution is -2.45. The van der Waals surface area contributed by atoms with Crippen LogP contribution in [0.25, 0.3) is 0 Å². The van der Waals surface area contributed by atoms with Crippen LogP contribution in [0.5, 0.6) is 5.75 Å². The summed E-state index contributed by atoms with van der Waals surface area (Å²) in [6.07, 6.45) is 1.92. The topological polar surface area (TPSA) is 63.3 Å². The van der Waals surface area contributed by atoms with Crippen molar-refractivity contribution in [1.29, 1.82) is 0 Å². The van der Waals surface area contributed by atoms with E-state index in [2.05, 4.69) is 0 Å². The van der Waals surface area contributed by atoms with Gasteiger partial charge in [-0.25, -0.2) is 0 Å². The Morgan fingerprint density at radius 1 is 1.38 bits per heavy atom. The third kappa shape index (κ3) is 3.35. The van der Waals surface area contributed by atoms with Gasteiger partial charge in [-0.2, -0.15) is 0 Å². The van der Waals surface area contributed by atoms with Crippen molar-refractivity contribution in [3.63, 3.8) is 0 Å². The van der Waals surface area contributed by atoms with Crippen molar-refractivity contribution < 1.29 is 9.90 Å². The van der Waals surface area contributed by atoms with E-state index in [9.17, 15) is 4.79 Å². The second-order valence-corrected chi connectivity index (χ2v) is 4.43. The highest BCUT2D eigenvalue weighted by Crippen LogP contribution is 2.15. The number of aromatic hydroxyl groups is 1. The average molecular weight is 221 g/mol. The number of ketones is 1. The Kier molecular flexibility index (Phi) is 4.07. The molecule has 3 N–H and O–H groups in total. The van der Waals surface area contributed by atoms with E-state index >= 15 is 0 Å². The standard InChI is InChI=1S/C13H19NO2/c1-3-8-13(2,14)12(16)9-10-4-6-11(15)7-5-10/h4-7,15H,3,8-9,14H2,1-2H3. The summed E-state index contributed by atoms with van der Waals surface area (Å²) >= 11 is 0. The first-order valence-corrected chi connectivity index (χ1v) is 5.56. The zero-order valence-corrected chi connectivity index (χ0v) is 9.86. The van der Waals surface area contributed by atoms with Crippen molar-refractivity contribution in [3.8, 4) is 5.75 Å². The second kappa shape index (κ2) is 5.12. The third-order valence-corrected chi connectivity index (χ3v) is 2.71. The smallest absolute Gasteiger partial charge is 0.156 e. The number of rotatable bonds is 5. The fourth-order valence-corrected chi connectivity index (χ4v) is 1.66. The van der Waals surface area contributed by atoms with E-state index in [1.165, 1.54) is 0 Å². The molecule has 1 unspecified atom stereocenters. The van der Waals surface area contributed by atoms with Gasteiger partial charge in [0.2, 0.25) is 0 Å². The van der Waals surface area contributed by atoms with Gasteiger partial charge in [-0.1, -0.05) is 25.5 Å². The Morgan fingerprint density at radius 2 is 1.94 bits per heavy atom. The van der Waals surface area contributed by atoms with E-state index in [1.807, 2.05) is 6.92 Å². The number of nitrogens with two attached hydrogens (primary N) is 1. The number of hydrogen-bond acceptors (Lipinski definition) is 3. The average Bonchev–Trinajstić information content (AvgIpc) is 2.21. The number of hydrogen-bond donors (Lipinski definition) is 2. The molecule has 0 fully saturated rings. The van der Waals surface area contributed by atoms with Gasteiger partial charge in [0.1, 0.15) is 5.75 Å². The van der Waals surface area contributed by atoms with E-state index in [4.69, 9.17) is 10.8 Å². The second-order valence-electron chi connectivity index (χ2n) is 4.43. The SMILES string of the molecule is CCCC(C)(N)C(=O)Cc1ccc(O)cc1. The molecule has 3 heteroatoms. The number of carbonyl (C=O) groups excluding carboxylic acids is 1. The van der Waals surface area contributed by atoms with Gasteiger partial charge in [0.05, 0.1) is 5.54 Å². The van der Waals surface area contributed by atoms with E-state index < -0.39 is 5.54 Å². The van der Waals surface area contributed by atoms with Gasteiger partial charge in [-0.05, 0) is 31.0 Å². The van der Waals surface area contributed by atoms with Crippen molar-refractivity contribution >= 4 is 5.78 Å². The molecule has 0 amide bonds. The van der Waals surface area contributed by atoms with Crippen molar-refractivity contribution in [2.45, 2.75) is 38.6 Å². The van der Waals surface area contributed by atoms with Crippen LogP contribution in [0.2, 0.25) is 0 Å². The predicted octanol–water partition coefficient (Wildman–Crippen LogP) is 2.02. The molecule has 1 atom stereocenters. The van der Waals surface area contributed by atoms with Gasteiger partial charge in [0.25, 0.3) is 0 Å². The van der Waals surface area contributed by atoms with Crippen LogP contribution in [-0.4, -0.2) is 16.4 Å². The minimum Gasteiger partial charge on any atom is -0.508 e. The van der Waals surface area contributed by atoms with Crippen LogP contribution in [0.3, 0.4) is 0 Å².